The molecule has 7 rings (SSSR count). The molecule has 2 saturated heterocycles. The summed E-state index contributed by atoms with van der Waals surface area (Å²) >= 11 is 6.15. The van der Waals surface area contributed by atoms with E-state index in [1.165, 1.54) is 38.5 Å². The summed E-state index contributed by atoms with van der Waals surface area (Å²) in [6, 6.07) is 0. The first-order valence-electron chi connectivity index (χ1n) is 15.1. The van der Waals surface area contributed by atoms with Gasteiger partial charge in [-0.2, -0.15) is 0 Å². The third-order valence-corrected chi connectivity index (χ3v) is 15.3. The zero-order valence-electron chi connectivity index (χ0n) is 23.5. The predicted octanol–water partition coefficient (Wildman–Crippen LogP) is 6.43. The first-order chi connectivity index (χ1) is 17.5. The minimum Gasteiger partial charge on any atom is -0.370 e. The summed E-state index contributed by atoms with van der Waals surface area (Å²) in [4.78, 5) is 14.3. The minimum absolute atomic E-state index is 0.0736. The summed E-state index contributed by atoms with van der Waals surface area (Å²) in [5.41, 5.74) is 0.670. The third kappa shape index (κ3) is 3.14. The van der Waals surface area contributed by atoms with Crippen molar-refractivity contribution in [1.82, 2.24) is 4.67 Å². The van der Waals surface area contributed by atoms with E-state index in [2.05, 4.69) is 39.3 Å². The number of hydrogen-bond donors (Lipinski definition) is 0. The Labute approximate surface area is 230 Å². The van der Waals surface area contributed by atoms with Crippen LogP contribution in [0.4, 0.5) is 0 Å². The fourth-order valence-electron chi connectivity index (χ4n) is 12.0. The maximum Gasteiger partial charge on any atom is 0.170 e. The van der Waals surface area contributed by atoms with Gasteiger partial charge in [0, 0.05) is 32.6 Å². The van der Waals surface area contributed by atoms with Crippen LogP contribution in [-0.2, 0) is 19.0 Å². The van der Waals surface area contributed by atoms with Crippen molar-refractivity contribution in [3.8, 4) is 0 Å². The van der Waals surface area contributed by atoms with Gasteiger partial charge in [0.05, 0.1) is 19.3 Å². The van der Waals surface area contributed by atoms with Crippen LogP contribution in [0.5, 0.6) is 0 Å². The molecule has 0 N–H and O–H groups in total. The van der Waals surface area contributed by atoms with Crippen molar-refractivity contribution in [2.45, 2.75) is 104 Å². The third-order valence-electron chi connectivity index (χ3n) is 13.9. The SMILES string of the molecule is C[C@@H]1CCOC2C(=O)[C@@]3(C)C4CC[C@H]5C(C)(C)[C@@H](OC6CN(PCl)CCO6)CC[C@@]56CC46CC[C@]3(C)[C@H]21. The predicted molar refractivity (Wildman–Crippen MR) is 147 cm³/mol. The van der Waals surface area contributed by atoms with Crippen LogP contribution in [-0.4, -0.2) is 55.3 Å². The Morgan fingerprint density at radius 3 is 2.51 bits per heavy atom. The van der Waals surface area contributed by atoms with Gasteiger partial charge in [0.2, 0.25) is 0 Å². The Morgan fingerprint density at radius 1 is 0.973 bits per heavy atom. The molecular formula is C30H47ClNO4P. The molecule has 7 fully saturated rings. The highest BCUT2D eigenvalue weighted by atomic mass is 35.7. The van der Waals surface area contributed by atoms with Crippen LogP contribution < -0.4 is 0 Å². The molecule has 0 amide bonds. The van der Waals surface area contributed by atoms with Crippen LogP contribution in [0.3, 0.4) is 0 Å². The molecule has 2 aliphatic heterocycles. The van der Waals surface area contributed by atoms with Gasteiger partial charge in [0.15, 0.2) is 12.1 Å². The number of nitrogens with zero attached hydrogens (tertiary/aromatic N) is 1. The lowest BCUT2D eigenvalue weighted by atomic mass is 9.41. The Kier molecular flexibility index (Phi) is 5.93. The van der Waals surface area contributed by atoms with Gasteiger partial charge in [-0.05, 0) is 90.8 Å². The standard InChI is InChI=1S/C30H47ClNO4P/c1-18-9-14-35-24-23(18)27(4)11-12-30-17-29(30)10-8-21(36-22-16-32(37-31)13-15-34-22)26(2,3)19(29)6-7-20(30)28(27,5)25(24)33/h18-24,37H,6-17H2,1-5H3/t18-,19+,20?,21+,22?,23+,24?,27-,28-,29-,30?/m1/s1. The lowest BCUT2D eigenvalue weighted by Gasteiger charge is -2.62. The molecule has 2 heterocycles. The van der Waals surface area contributed by atoms with E-state index in [0.717, 1.165) is 32.5 Å². The summed E-state index contributed by atoms with van der Waals surface area (Å²) in [5, 5.41) is 0. The molecule has 0 aromatic carbocycles. The highest BCUT2D eigenvalue weighted by Crippen LogP contribution is 2.88. The molecule has 5 saturated carbocycles. The van der Waals surface area contributed by atoms with E-state index in [9.17, 15) is 4.79 Å². The number of ketones is 1. The second-order valence-corrected chi connectivity index (χ2v) is 16.4. The van der Waals surface area contributed by atoms with Gasteiger partial charge in [0.1, 0.15) is 6.10 Å². The molecule has 7 heteroatoms. The van der Waals surface area contributed by atoms with Crippen LogP contribution in [0, 0.1) is 50.7 Å². The number of fused-ring (bicyclic) bond motifs is 4. The van der Waals surface area contributed by atoms with Crippen molar-refractivity contribution < 1.29 is 19.0 Å². The number of halogens is 1. The molecule has 7 aliphatic rings. The van der Waals surface area contributed by atoms with Gasteiger partial charge in [-0.15, -0.1) is 0 Å². The topological polar surface area (TPSA) is 48.0 Å². The van der Waals surface area contributed by atoms with E-state index < -0.39 is 0 Å². The van der Waals surface area contributed by atoms with Gasteiger partial charge in [-0.3, -0.25) is 9.46 Å². The van der Waals surface area contributed by atoms with Gasteiger partial charge in [0.25, 0.3) is 0 Å². The number of ether oxygens (including phenoxy) is 3. The first kappa shape index (κ1) is 26.1. The molecule has 208 valence electrons. The lowest BCUT2D eigenvalue weighted by Crippen LogP contribution is -2.59. The monoisotopic (exact) mass is 551 g/mol. The fourth-order valence-corrected chi connectivity index (χ4v) is 12.9. The van der Waals surface area contributed by atoms with E-state index in [1.54, 1.807) is 0 Å². The highest BCUT2D eigenvalue weighted by Gasteiger charge is 2.84. The molecule has 0 aromatic rings. The Hall–Kier alpha value is 0.230. The number of carbonyl (C=O) groups is 1. The number of rotatable bonds is 3. The van der Waals surface area contributed by atoms with Gasteiger partial charge >= 0.3 is 0 Å². The number of hydrogen-bond acceptors (Lipinski definition) is 5. The van der Waals surface area contributed by atoms with E-state index in [0.29, 0.717) is 55.0 Å². The van der Waals surface area contributed by atoms with Crippen molar-refractivity contribution in [3.05, 3.63) is 0 Å². The Bertz CT molecular complexity index is 979. The van der Waals surface area contributed by atoms with Crippen molar-refractivity contribution in [1.29, 1.82) is 0 Å². The van der Waals surface area contributed by atoms with Crippen LogP contribution >= 0.6 is 19.3 Å². The van der Waals surface area contributed by atoms with Crippen molar-refractivity contribution in [3.63, 3.8) is 0 Å². The van der Waals surface area contributed by atoms with E-state index >= 15 is 0 Å². The average molecular weight is 552 g/mol. The molecule has 0 radical (unpaired) electrons. The van der Waals surface area contributed by atoms with Gasteiger partial charge in [-0.1, -0.05) is 45.9 Å². The van der Waals surface area contributed by atoms with Crippen molar-refractivity contribution in [2.75, 3.05) is 26.3 Å². The minimum atomic E-state index is -0.243. The normalized spacial score (nSPS) is 56.8. The molecule has 5 aliphatic carbocycles. The quantitative estimate of drug-likeness (QED) is 0.378. The summed E-state index contributed by atoms with van der Waals surface area (Å²) in [5.74, 6) is 2.61. The number of carbonyl (C=O) groups excluding carboxylic acids is 1. The molecule has 0 aromatic heterocycles. The van der Waals surface area contributed by atoms with E-state index in [4.69, 9.17) is 25.5 Å². The summed E-state index contributed by atoms with van der Waals surface area (Å²) in [6.45, 7) is 15.3. The first-order valence-corrected chi connectivity index (χ1v) is 17.1. The summed E-state index contributed by atoms with van der Waals surface area (Å²) < 4.78 is 21.3. The number of morpholine rings is 1. The molecule has 2 spiro atoms. The molecule has 5 nitrogen and oxygen atoms in total. The van der Waals surface area contributed by atoms with E-state index in [1.807, 2.05) is 0 Å². The molecule has 0 bridgehead atoms. The maximum atomic E-state index is 14.3. The largest absolute Gasteiger partial charge is 0.370 e. The molecular weight excluding hydrogens is 505 g/mol. The zero-order chi connectivity index (χ0) is 26.0. The van der Waals surface area contributed by atoms with E-state index in [-0.39, 0.29) is 34.7 Å². The van der Waals surface area contributed by atoms with Gasteiger partial charge in [-0.25, -0.2) is 0 Å². The van der Waals surface area contributed by atoms with Crippen LogP contribution in [0.25, 0.3) is 0 Å². The van der Waals surface area contributed by atoms with Crippen LogP contribution in [0.15, 0.2) is 0 Å². The second-order valence-electron chi connectivity index (χ2n) is 15.1. The molecule has 5 unspecified atom stereocenters. The lowest BCUT2D eigenvalue weighted by molar-refractivity contribution is -0.241. The molecule has 12 atom stereocenters. The Morgan fingerprint density at radius 2 is 1.73 bits per heavy atom. The van der Waals surface area contributed by atoms with Gasteiger partial charge < -0.3 is 14.2 Å². The fraction of sp³-hybridized carbons (Fsp3) is 0.967. The van der Waals surface area contributed by atoms with Crippen molar-refractivity contribution >= 4 is 25.1 Å². The Balaban J connectivity index is 1.16. The second kappa shape index (κ2) is 8.39. The van der Waals surface area contributed by atoms with Crippen LogP contribution in [0.1, 0.15) is 86.0 Å². The zero-order valence-corrected chi connectivity index (χ0v) is 25.2. The summed E-state index contributed by atoms with van der Waals surface area (Å²) in [7, 11) is 0.292. The molecule has 37 heavy (non-hydrogen) atoms. The average Bonchev–Trinajstić information content (AvgIpc) is 3.51. The summed E-state index contributed by atoms with van der Waals surface area (Å²) in [6.07, 6.45) is 9.59. The van der Waals surface area contributed by atoms with Crippen molar-refractivity contribution in [2.24, 2.45) is 50.7 Å². The maximum absolute atomic E-state index is 14.3. The smallest absolute Gasteiger partial charge is 0.170 e. The highest BCUT2D eigenvalue weighted by molar-refractivity contribution is 7.66. The van der Waals surface area contributed by atoms with Crippen LogP contribution in [0.2, 0.25) is 0 Å². The number of Topliss-reactive ketones (excluding diaryl/α,β-unsaturated/α-hetero) is 1.